The van der Waals surface area contributed by atoms with Gasteiger partial charge in [-0.05, 0) is 20.8 Å². The lowest BCUT2D eigenvalue weighted by molar-refractivity contribution is -0.225. The Bertz CT molecular complexity index is 310. The van der Waals surface area contributed by atoms with Crippen molar-refractivity contribution in [3.63, 3.8) is 0 Å². The van der Waals surface area contributed by atoms with Gasteiger partial charge in [0, 0.05) is 13.5 Å². The second-order valence-electron chi connectivity index (χ2n) is 4.58. The number of alkyl halides is 3. The van der Waals surface area contributed by atoms with Crippen LogP contribution in [0.2, 0.25) is 0 Å². The van der Waals surface area contributed by atoms with Gasteiger partial charge in [-0.2, -0.15) is 13.2 Å². The Morgan fingerprint density at radius 1 is 1.22 bits per heavy atom. The molecule has 2 amide bonds. The highest BCUT2D eigenvalue weighted by molar-refractivity contribution is 5.81. The molecule has 106 valence electrons. The summed E-state index contributed by atoms with van der Waals surface area (Å²) in [5, 5.41) is 2.57. The van der Waals surface area contributed by atoms with Gasteiger partial charge in [-0.25, -0.2) is 5.06 Å². The molecule has 0 aliphatic rings. The number of hydrogen-bond acceptors (Lipinski definition) is 3. The van der Waals surface area contributed by atoms with E-state index in [1.54, 1.807) is 26.1 Å². The molecule has 0 aromatic heterocycles. The minimum atomic E-state index is -4.92. The van der Waals surface area contributed by atoms with E-state index in [9.17, 15) is 22.8 Å². The fourth-order valence-electron chi connectivity index (χ4n) is 0.969. The lowest BCUT2D eigenvalue weighted by atomic mass is 10.2. The van der Waals surface area contributed by atoms with Crippen molar-refractivity contribution in [3.8, 4) is 0 Å². The number of amides is 2. The molecule has 0 fully saturated rings. The van der Waals surface area contributed by atoms with Crippen LogP contribution >= 0.6 is 0 Å². The molecule has 0 aromatic carbocycles. The zero-order valence-corrected chi connectivity index (χ0v) is 10.7. The van der Waals surface area contributed by atoms with Crippen molar-refractivity contribution in [1.29, 1.82) is 0 Å². The van der Waals surface area contributed by atoms with Crippen LogP contribution in [-0.2, 0) is 14.4 Å². The minimum absolute atomic E-state index is 0.158. The molecule has 0 radical (unpaired) electrons. The number of hydroxylamine groups is 2. The van der Waals surface area contributed by atoms with Gasteiger partial charge in [-0.3, -0.25) is 14.4 Å². The van der Waals surface area contributed by atoms with Crippen LogP contribution in [-0.4, -0.2) is 41.7 Å². The highest BCUT2D eigenvalue weighted by Gasteiger charge is 2.38. The van der Waals surface area contributed by atoms with Crippen molar-refractivity contribution in [2.45, 2.75) is 39.5 Å². The van der Waals surface area contributed by atoms with Crippen LogP contribution < -0.4 is 5.32 Å². The molecule has 0 unspecified atom stereocenters. The van der Waals surface area contributed by atoms with E-state index in [1.807, 2.05) is 0 Å². The molecular formula is C10H17F3N2O3. The predicted octanol–water partition coefficient (Wildman–Crippen LogP) is 1.24. The third-order valence-electron chi connectivity index (χ3n) is 1.59. The van der Waals surface area contributed by atoms with Crippen molar-refractivity contribution < 1.29 is 27.6 Å². The summed E-state index contributed by atoms with van der Waals surface area (Å²) in [5.74, 6) is -2.49. The zero-order valence-electron chi connectivity index (χ0n) is 10.7. The highest BCUT2D eigenvalue weighted by atomic mass is 19.4. The van der Waals surface area contributed by atoms with E-state index in [0.717, 1.165) is 5.06 Å². The summed E-state index contributed by atoms with van der Waals surface area (Å²) in [6, 6.07) is 0. The molecule has 0 saturated carbocycles. The average molecular weight is 270 g/mol. The molecular weight excluding hydrogens is 253 g/mol. The SMILES string of the molecule is CC(=O)N(CCNC(=O)C(F)(F)F)OC(C)(C)C. The standard InChI is InChI=1S/C10H17F3N2O3/c1-7(16)15(18-9(2,3)4)6-5-14-8(17)10(11,12)13/h5-6H2,1-4H3,(H,14,17). The van der Waals surface area contributed by atoms with Gasteiger partial charge < -0.3 is 5.32 Å². The summed E-state index contributed by atoms with van der Waals surface area (Å²) < 4.78 is 35.6. The Labute approximate surface area is 103 Å². The van der Waals surface area contributed by atoms with E-state index in [-0.39, 0.29) is 13.1 Å². The monoisotopic (exact) mass is 270 g/mol. The molecule has 1 N–H and O–H groups in total. The maximum absolute atomic E-state index is 11.9. The molecule has 0 atom stereocenters. The molecule has 0 spiro atoms. The largest absolute Gasteiger partial charge is 0.471 e. The average Bonchev–Trinajstić information content (AvgIpc) is 2.12. The lowest BCUT2D eigenvalue weighted by Gasteiger charge is -2.28. The van der Waals surface area contributed by atoms with Crippen LogP contribution in [0.1, 0.15) is 27.7 Å². The normalized spacial score (nSPS) is 12.2. The topological polar surface area (TPSA) is 58.6 Å². The van der Waals surface area contributed by atoms with E-state index in [0.29, 0.717) is 0 Å². The number of carbonyl (C=O) groups is 2. The Hall–Kier alpha value is -1.31. The molecule has 0 aliphatic heterocycles. The van der Waals surface area contributed by atoms with Gasteiger partial charge in [0.05, 0.1) is 12.1 Å². The van der Waals surface area contributed by atoms with Crippen molar-refractivity contribution in [2.24, 2.45) is 0 Å². The number of rotatable bonds is 4. The molecule has 0 bridgehead atoms. The number of carbonyl (C=O) groups excluding carboxylic acids is 2. The van der Waals surface area contributed by atoms with Crippen LogP contribution in [0.4, 0.5) is 13.2 Å². The molecule has 0 aliphatic carbocycles. The number of halogens is 3. The van der Waals surface area contributed by atoms with Crippen LogP contribution in [0.3, 0.4) is 0 Å². The molecule has 0 rings (SSSR count). The fourth-order valence-corrected chi connectivity index (χ4v) is 0.969. The maximum Gasteiger partial charge on any atom is 0.471 e. The second-order valence-corrected chi connectivity index (χ2v) is 4.58. The summed E-state index contributed by atoms with van der Waals surface area (Å²) in [5.41, 5.74) is -0.653. The number of hydrogen-bond donors (Lipinski definition) is 1. The van der Waals surface area contributed by atoms with Crippen molar-refractivity contribution >= 4 is 11.8 Å². The van der Waals surface area contributed by atoms with Gasteiger partial charge in [0.25, 0.3) is 0 Å². The first kappa shape index (κ1) is 16.7. The molecule has 0 aromatic rings. The van der Waals surface area contributed by atoms with Crippen LogP contribution in [0, 0.1) is 0 Å². The molecule has 0 saturated heterocycles. The molecule has 8 heteroatoms. The van der Waals surface area contributed by atoms with Gasteiger partial charge in [0.15, 0.2) is 0 Å². The second kappa shape index (κ2) is 6.03. The summed E-state index contributed by atoms with van der Waals surface area (Å²) >= 11 is 0. The van der Waals surface area contributed by atoms with Gasteiger partial charge in [-0.15, -0.1) is 0 Å². The van der Waals surface area contributed by atoms with E-state index < -0.39 is 23.6 Å². The third-order valence-corrected chi connectivity index (χ3v) is 1.59. The summed E-state index contributed by atoms with van der Waals surface area (Å²) in [6.45, 7) is 5.80. The molecule has 0 heterocycles. The Morgan fingerprint density at radius 3 is 2.06 bits per heavy atom. The Balaban J connectivity index is 4.23. The lowest BCUT2D eigenvalue weighted by Crippen LogP contribution is -2.44. The first-order chi connectivity index (χ1) is 7.93. The predicted molar refractivity (Wildman–Crippen MR) is 57.3 cm³/mol. The van der Waals surface area contributed by atoms with Crippen LogP contribution in [0.15, 0.2) is 0 Å². The summed E-state index contributed by atoms with van der Waals surface area (Å²) in [7, 11) is 0. The van der Waals surface area contributed by atoms with Crippen molar-refractivity contribution in [1.82, 2.24) is 10.4 Å². The summed E-state index contributed by atoms with van der Waals surface area (Å²) in [6.07, 6.45) is -4.92. The van der Waals surface area contributed by atoms with Crippen LogP contribution in [0.25, 0.3) is 0 Å². The van der Waals surface area contributed by atoms with Crippen LogP contribution in [0.5, 0.6) is 0 Å². The van der Waals surface area contributed by atoms with Gasteiger partial charge in [-0.1, -0.05) is 0 Å². The van der Waals surface area contributed by atoms with E-state index in [1.165, 1.54) is 6.92 Å². The Morgan fingerprint density at radius 2 is 1.72 bits per heavy atom. The van der Waals surface area contributed by atoms with Crippen molar-refractivity contribution in [2.75, 3.05) is 13.1 Å². The minimum Gasteiger partial charge on any atom is -0.346 e. The quantitative estimate of drug-likeness (QED) is 0.782. The Kier molecular flexibility index (Phi) is 5.59. The molecule has 5 nitrogen and oxygen atoms in total. The maximum atomic E-state index is 11.9. The highest BCUT2D eigenvalue weighted by Crippen LogP contribution is 2.14. The van der Waals surface area contributed by atoms with Gasteiger partial charge in [0.2, 0.25) is 5.91 Å². The molecule has 18 heavy (non-hydrogen) atoms. The van der Waals surface area contributed by atoms with E-state index in [2.05, 4.69) is 0 Å². The first-order valence-corrected chi connectivity index (χ1v) is 5.26. The van der Waals surface area contributed by atoms with Gasteiger partial charge in [0.1, 0.15) is 0 Å². The smallest absolute Gasteiger partial charge is 0.346 e. The van der Waals surface area contributed by atoms with E-state index >= 15 is 0 Å². The third kappa shape index (κ3) is 7.10. The van der Waals surface area contributed by atoms with Gasteiger partial charge >= 0.3 is 12.1 Å². The zero-order chi connectivity index (χ0) is 14.6. The number of nitrogens with zero attached hydrogens (tertiary/aromatic N) is 1. The number of nitrogens with one attached hydrogen (secondary N) is 1. The first-order valence-electron chi connectivity index (χ1n) is 5.26. The fraction of sp³-hybridized carbons (Fsp3) is 0.800. The van der Waals surface area contributed by atoms with Crippen molar-refractivity contribution in [3.05, 3.63) is 0 Å². The summed E-state index contributed by atoms with van der Waals surface area (Å²) in [4.78, 5) is 26.9. The van der Waals surface area contributed by atoms with E-state index in [4.69, 9.17) is 4.84 Å².